The van der Waals surface area contributed by atoms with Crippen molar-refractivity contribution in [1.82, 2.24) is 4.98 Å². The molecule has 0 spiro atoms. The van der Waals surface area contributed by atoms with Crippen LogP contribution in [-0.2, 0) is 4.79 Å². The van der Waals surface area contributed by atoms with E-state index in [1.54, 1.807) is 0 Å². The number of hydrogen-bond acceptors (Lipinski definition) is 5. The lowest BCUT2D eigenvalue weighted by atomic mass is 10.1. The summed E-state index contributed by atoms with van der Waals surface area (Å²) in [5.41, 5.74) is 3.09. The Hall–Kier alpha value is -3.46. The predicted molar refractivity (Wildman–Crippen MR) is 153 cm³/mol. The zero-order valence-corrected chi connectivity index (χ0v) is 22.1. The molecule has 0 radical (unpaired) electrons. The summed E-state index contributed by atoms with van der Waals surface area (Å²) in [5.74, 6) is -0.0803. The van der Waals surface area contributed by atoms with Gasteiger partial charge in [0.15, 0.2) is 5.13 Å². The molecule has 0 aliphatic rings. The van der Waals surface area contributed by atoms with E-state index in [-0.39, 0.29) is 17.6 Å². The van der Waals surface area contributed by atoms with Crippen molar-refractivity contribution in [3.63, 3.8) is 0 Å². The van der Waals surface area contributed by atoms with Crippen molar-refractivity contribution in [2.24, 2.45) is 0 Å². The van der Waals surface area contributed by atoms with Gasteiger partial charge in [0, 0.05) is 31.6 Å². The van der Waals surface area contributed by atoms with E-state index < -0.39 is 0 Å². The van der Waals surface area contributed by atoms with Crippen molar-refractivity contribution in [2.45, 2.75) is 4.90 Å². The molecule has 8 heteroatoms. The van der Waals surface area contributed by atoms with Crippen LogP contribution >= 0.6 is 39.0 Å². The van der Waals surface area contributed by atoms with Gasteiger partial charge in [0.25, 0.3) is 5.91 Å². The molecule has 2 amide bonds. The van der Waals surface area contributed by atoms with Gasteiger partial charge in [-0.3, -0.25) is 9.59 Å². The van der Waals surface area contributed by atoms with E-state index in [0.29, 0.717) is 16.4 Å². The van der Waals surface area contributed by atoms with Gasteiger partial charge in [-0.05, 0) is 53.2 Å². The molecule has 178 valence electrons. The molecule has 5 aromatic rings. The van der Waals surface area contributed by atoms with Crippen LogP contribution in [0.5, 0.6) is 0 Å². The second-order valence-electron chi connectivity index (χ2n) is 7.93. The first-order valence-corrected chi connectivity index (χ1v) is 13.7. The van der Waals surface area contributed by atoms with Gasteiger partial charge in [0.2, 0.25) is 5.91 Å². The van der Waals surface area contributed by atoms with Crippen LogP contribution in [0, 0.1) is 0 Å². The maximum atomic E-state index is 12.8. The SMILES string of the molecule is O=C(CSc1cccc(NC(=O)c2ccc3ccccc3c2)c1)Nc1nc(-c2ccc(Br)cc2)cs1. The number of rotatable bonds is 7. The molecule has 0 atom stereocenters. The quantitative estimate of drug-likeness (QED) is 0.195. The Morgan fingerprint density at radius 2 is 1.67 bits per heavy atom. The van der Waals surface area contributed by atoms with Gasteiger partial charge in [-0.15, -0.1) is 23.1 Å². The number of hydrogen-bond donors (Lipinski definition) is 2. The first kappa shape index (κ1) is 24.2. The predicted octanol–water partition coefficient (Wildman–Crippen LogP) is 7.71. The van der Waals surface area contributed by atoms with Crippen LogP contribution in [-0.4, -0.2) is 22.6 Å². The van der Waals surface area contributed by atoms with Crippen LogP contribution in [0.3, 0.4) is 0 Å². The second kappa shape index (κ2) is 11.1. The Morgan fingerprint density at radius 3 is 2.50 bits per heavy atom. The lowest BCUT2D eigenvalue weighted by Gasteiger charge is -2.08. The van der Waals surface area contributed by atoms with E-state index in [2.05, 4.69) is 31.5 Å². The van der Waals surface area contributed by atoms with Gasteiger partial charge < -0.3 is 10.6 Å². The molecule has 1 heterocycles. The van der Waals surface area contributed by atoms with Crippen molar-refractivity contribution in [1.29, 1.82) is 0 Å². The Morgan fingerprint density at radius 1 is 0.861 bits per heavy atom. The highest BCUT2D eigenvalue weighted by atomic mass is 79.9. The summed E-state index contributed by atoms with van der Waals surface area (Å²) in [7, 11) is 0. The topological polar surface area (TPSA) is 71.1 Å². The molecule has 0 aliphatic heterocycles. The second-order valence-corrected chi connectivity index (χ2v) is 10.7. The van der Waals surface area contributed by atoms with Crippen LogP contribution in [0.25, 0.3) is 22.0 Å². The Labute approximate surface area is 225 Å². The number of halogens is 1. The number of aromatic nitrogens is 1. The van der Waals surface area contributed by atoms with Crippen LogP contribution in [0.15, 0.2) is 106 Å². The smallest absolute Gasteiger partial charge is 0.255 e. The average Bonchev–Trinajstić information content (AvgIpc) is 3.36. The third kappa shape index (κ3) is 6.02. The molecular weight excluding hydrogens is 554 g/mol. The first-order valence-electron chi connectivity index (χ1n) is 11.1. The zero-order valence-electron chi connectivity index (χ0n) is 18.9. The highest BCUT2D eigenvalue weighted by Crippen LogP contribution is 2.27. The van der Waals surface area contributed by atoms with Gasteiger partial charge in [0.05, 0.1) is 11.4 Å². The summed E-state index contributed by atoms with van der Waals surface area (Å²) in [5, 5.41) is 10.4. The van der Waals surface area contributed by atoms with Gasteiger partial charge in [-0.25, -0.2) is 4.98 Å². The van der Waals surface area contributed by atoms with E-state index in [1.807, 2.05) is 96.4 Å². The number of amides is 2. The number of benzene rings is 4. The molecule has 5 rings (SSSR count). The fourth-order valence-corrected chi connectivity index (χ4v) is 5.34. The van der Waals surface area contributed by atoms with Crippen molar-refractivity contribution < 1.29 is 9.59 Å². The van der Waals surface area contributed by atoms with E-state index in [4.69, 9.17) is 0 Å². The van der Waals surface area contributed by atoms with Gasteiger partial charge in [0.1, 0.15) is 0 Å². The lowest BCUT2D eigenvalue weighted by Crippen LogP contribution is -2.14. The first-order chi connectivity index (χ1) is 17.5. The fourth-order valence-electron chi connectivity index (χ4n) is 3.59. The van der Waals surface area contributed by atoms with E-state index in [0.717, 1.165) is 31.4 Å². The van der Waals surface area contributed by atoms with Crippen molar-refractivity contribution >= 4 is 72.4 Å². The normalized spacial score (nSPS) is 10.8. The van der Waals surface area contributed by atoms with Crippen molar-refractivity contribution in [3.8, 4) is 11.3 Å². The van der Waals surface area contributed by atoms with Crippen molar-refractivity contribution in [2.75, 3.05) is 16.4 Å². The van der Waals surface area contributed by atoms with Gasteiger partial charge in [-0.1, -0.05) is 64.5 Å². The zero-order chi connectivity index (χ0) is 24.9. The molecule has 4 aromatic carbocycles. The third-order valence-electron chi connectivity index (χ3n) is 5.36. The standard InChI is InChI=1S/C28H20BrN3O2S2/c29-22-12-10-19(11-13-22)25-16-36-28(31-25)32-26(33)17-35-24-7-3-6-23(15-24)30-27(34)21-9-8-18-4-1-2-5-20(18)14-21/h1-16H,17H2,(H,30,34)(H,31,32,33). The summed E-state index contributed by atoms with van der Waals surface area (Å²) < 4.78 is 1.00. The molecule has 0 unspecified atom stereocenters. The molecule has 36 heavy (non-hydrogen) atoms. The van der Waals surface area contributed by atoms with Crippen LogP contribution in [0.4, 0.5) is 10.8 Å². The summed E-state index contributed by atoms with van der Waals surface area (Å²) in [4.78, 5) is 30.7. The minimum Gasteiger partial charge on any atom is -0.322 e. The molecule has 0 aliphatic carbocycles. The Balaban J connectivity index is 1.17. The summed E-state index contributed by atoms with van der Waals surface area (Å²) in [6.45, 7) is 0. The summed E-state index contributed by atoms with van der Waals surface area (Å²) in [6.07, 6.45) is 0. The fraction of sp³-hybridized carbons (Fsp3) is 0.0357. The van der Waals surface area contributed by atoms with Crippen LogP contribution in [0.2, 0.25) is 0 Å². The molecule has 0 saturated heterocycles. The number of thiazole rings is 1. The van der Waals surface area contributed by atoms with Gasteiger partial charge in [-0.2, -0.15) is 0 Å². The number of nitrogens with zero attached hydrogens (tertiary/aromatic N) is 1. The van der Waals surface area contributed by atoms with E-state index in [1.165, 1.54) is 23.1 Å². The van der Waals surface area contributed by atoms with Crippen LogP contribution < -0.4 is 10.6 Å². The number of carbonyl (C=O) groups is 2. The Kier molecular flexibility index (Phi) is 7.46. The van der Waals surface area contributed by atoms with E-state index >= 15 is 0 Å². The number of thioether (sulfide) groups is 1. The molecule has 0 fully saturated rings. The summed E-state index contributed by atoms with van der Waals surface area (Å²) >= 11 is 6.22. The monoisotopic (exact) mass is 573 g/mol. The average molecular weight is 575 g/mol. The highest BCUT2D eigenvalue weighted by Gasteiger charge is 2.11. The van der Waals surface area contributed by atoms with Crippen molar-refractivity contribution in [3.05, 3.63) is 106 Å². The number of anilines is 2. The molecule has 1 aromatic heterocycles. The van der Waals surface area contributed by atoms with Gasteiger partial charge >= 0.3 is 0 Å². The molecule has 5 nitrogen and oxygen atoms in total. The minimum atomic E-state index is -0.175. The van der Waals surface area contributed by atoms with Crippen LogP contribution in [0.1, 0.15) is 10.4 Å². The number of nitrogens with one attached hydrogen (secondary N) is 2. The maximum absolute atomic E-state index is 12.8. The lowest BCUT2D eigenvalue weighted by molar-refractivity contribution is -0.113. The minimum absolute atomic E-state index is 0.137. The molecule has 0 saturated carbocycles. The van der Waals surface area contributed by atoms with E-state index in [9.17, 15) is 9.59 Å². The highest BCUT2D eigenvalue weighted by molar-refractivity contribution is 9.10. The molecule has 2 N–H and O–H groups in total. The largest absolute Gasteiger partial charge is 0.322 e. The Bertz CT molecular complexity index is 1550. The molecule has 0 bridgehead atoms. The maximum Gasteiger partial charge on any atom is 0.255 e. The number of carbonyl (C=O) groups excluding carboxylic acids is 2. The number of fused-ring (bicyclic) bond motifs is 1. The summed E-state index contributed by atoms with van der Waals surface area (Å²) in [6, 6.07) is 28.9. The molecular formula is C28H20BrN3O2S2. The third-order valence-corrected chi connectivity index (χ3v) is 7.64.